The van der Waals surface area contributed by atoms with E-state index in [9.17, 15) is 22.4 Å². The number of hydrogen-bond acceptors (Lipinski definition) is 4. The maximum Gasteiger partial charge on any atom is 0.264 e. The van der Waals surface area contributed by atoms with Crippen LogP contribution in [-0.4, -0.2) is 50.3 Å². The van der Waals surface area contributed by atoms with Crippen molar-refractivity contribution in [1.29, 1.82) is 0 Å². The smallest absolute Gasteiger partial charge is 0.264 e. The maximum absolute atomic E-state index is 14.1. The Bertz CT molecular complexity index is 1420. The highest BCUT2D eigenvalue weighted by molar-refractivity contribution is 7.92. The standard InChI is InChI=1S/C33H40FN3O4S/c1-3-31(33(39)35-28-12-8-5-9-13-28)36(23-22-26-10-6-4-7-11-26)32(38)24-37(29-18-16-27(34)17-19-29)42(40,41)30-20-14-25(2)15-21-30/h4,6-7,10-11,14-21,28,31H,3,5,8-9,12-13,22-24H2,1-2H3,(H,35,39)/t31-/m1/s1. The van der Waals surface area contributed by atoms with E-state index in [0.717, 1.165) is 59.7 Å². The summed E-state index contributed by atoms with van der Waals surface area (Å²) in [7, 11) is -4.19. The zero-order valence-corrected chi connectivity index (χ0v) is 25.2. The van der Waals surface area contributed by atoms with Gasteiger partial charge in [-0.05, 0) is 74.6 Å². The molecule has 0 heterocycles. The minimum atomic E-state index is -4.19. The lowest BCUT2D eigenvalue weighted by molar-refractivity contribution is -0.140. The molecule has 9 heteroatoms. The van der Waals surface area contributed by atoms with Crippen LogP contribution in [0.4, 0.5) is 10.1 Å². The molecule has 2 amide bonds. The molecule has 0 saturated heterocycles. The number of sulfonamides is 1. The van der Waals surface area contributed by atoms with Gasteiger partial charge >= 0.3 is 0 Å². The highest BCUT2D eigenvalue weighted by Crippen LogP contribution is 2.25. The summed E-state index contributed by atoms with van der Waals surface area (Å²) in [5, 5.41) is 3.15. The van der Waals surface area contributed by atoms with Crippen LogP contribution in [0.2, 0.25) is 0 Å². The fourth-order valence-electron chi connectivity index (χ4n) is 5.41. The SMILES string of the molecule is CC[C@H](C(=O)NC1CCCCC1)N(CCc1ccccc1)C(=O)CN(c1ccc(F)cc1)S(=O)(=O)c1ccc(C)cc1. The van der Waals surface area contributed by atoms with Gasteiger partial charge in [0.15, 0.2) is 0 Å². The molecule has 1 fully saturated rings. The lowest BCUT2D eigenvalue weighted by Crippen LogP contribution is -2.54. The summed E-state index contributed by atoms with van der Waals surface area (Å²) >= 11 is 0. The highest BCUT2D eigenvalue weighted by Gasteiger charge is 2.34. The normalized spacial score (nSPS) is 14.6. The van der Waals surface area contributed by atoms with E-state index in [1.165, 1.54) is 29.2 Å². The first-order valence-electron chi connectivity index (χ1n) is 14.7. The molecule has 0 unspecified atom stereocenters. The Labute approximate surface area is 248 Å². The number of hydrogen-bond donors (Lipinski definition) is 1. The molecule has 0 bridgehead atoms. The molecule has 42 heavy (non-hydrogen) atoms. The van der Waals surface area contributed by atoms with E-state index in [1.54, 1.807) is 12.1 Å². The lowest BCUT2D eigenvalue weighted by Gasteiger charge is -2.34. The number of carbonyl (C=O) groups is 2. The van der Waals surface area contributed by atoms with Crippen LogP contribution in [0.1, 0.15) is 56.6 Å². The fourth-order valence-corrected chi connectivity index (χ4v) is 6.83. The first-order valence-corrected chi connectivity index (χ1v) is 16.1. The summed E-state index contributed by atoms with van der Waals surface area (Å²) in [6.45, 7) is 3.41. The van der Waals surface area contributed by atoms with Crippen molar-refractivity contribution in [3.05, 3.63) is 95.8 Å². The average molecular weight is 594 g/mol. The Morgan fingerprint density at radius 1 is 0.929 bits per heavy atom. The van der Waals surface area contributed by atoms with Crippen molar-refractivity contribution in [2.45, 2.75) is 75.8 Å². The third-order valence-electron chi connectivity index (χ3n) is 7.82. The second kappa shape index (κ2) is 14.4. The van der Waals surface area contributed by atoms with Gasteiger partial charge in [0, 0.05) is 12.6 Å². The molecule has 0 spiro atoms. The Morgan fingerprint density at radius 2 is 1.57 bits per heavy atom. The molecule has 3 aromatic carbocycles. The zero-order chi connectivity index (χ0) is 30.1. The lowest BCUT2D eigenvalue weighted by atomic mass is 9.95. The van der Waals surface area contributed by atoms with Gasteiger partial charge in [0.1, 0.15) is 18.4 Å². The van der Waals surface area contributed by atoms with Crippen LogP contribution in [0.5, 0.6) is 0 Å². The number of rotatable bonds is 12. The van der Waals surface area contributed by atoms with Crippen LogP contribution in [0.25, 0.3) is 0 Å². The van der Waals surface area contributed by atoms with Crippen LogP contribution in [0.3, 0.4) is 0 Å². The van der Waals surface area contributed by atoms with Crippen molar-refractivity contribution in [2.24, 2.45) is 0 Å². The molecule has 4 rings (SSSR count). The Balaban J connectivity index is 1.66. The Hall–Kier alpha value is -3.72. The zero-order valence-electron chi connectivity index (χ0n) is 24.3. The first kappa shape index (κ1) is 31.2. The average Bonchev–Trinajstić information content (AvgIpc) is 2.99. The Kier molecular flexibility index (Phi) is 10.7. The molecule has 0 aliphatic heterocycles. The second-order valence-corrected chi connectivity index (χ2v) is 12.8. The second-order valence-electron chi connectivity index (χ2n) is 10.9. The van der Waals surface area contributed by atoms with Crippen molar-refractivity contribution >= 4 is 27.5 Å². The number of halogens is 1. The van der Waals surface area contributed by atoms with E-state index in [0.29, 0.717) is 12.8 Å². The number of amides is 2. The number of benzene rings is 3. The molecule has 224 valence electrons. The van der Waals surface area contributed by atoms with E-state index in [2.05, 4.69) is 5.32 Å². The van der Waals surface area contributed by atoms with Gasteiger partial charge in [-0.1, -0.05) is 74.2 Å². The van der Waals surface area contributed by atoms with Crippen molar-refractivity contribution < 1.29 is 22.4 Å². The number of aryl methyl sites for hydroxylation is 1. The minimum absolute atomic E-state index is 0.0168. The third-order valence-corrected chi connectivity index (χ3v) is 9.61. The van der Waals surface area contributed by atoms with Gasteiger partial charge in [-0.25, -0.2) is 12.8 Å². The van der Waals surface area contributed by atoms with E-state index in [4.69, 9.17) is 0 Å². The molecule has 3 aromatic rings. The van der Waals surface area contributed by atoms with Crippen molar-refractivity contribution in [3.63, 3.8) is 0 Å². The van der Waals surface area contributed by atoms with Crippen LogP contribution in [-0.2, 0) is 26.0 Å². The van der Waals surface area contributed by atoms with Gasteiger partial charge in [0.25, 0.3) is 10.0 Å². The van der Waals surface area contributed by atoms with Crippen molar-refractivity contribution in [2.75, 3.05) is 17.4 Å². The van der Waals surface area contributed by atoms with E-state index >= 15 is 0 Å². The summed E-state index contributed by atoms with van der Waals surface area (Å²) in [6, 6.07) is 20.3. The first-order chi connectivity index (χ1) is 20.2. The van der Waals surface area contributed by atoms with Gasteiger partial charge < -0.3 is 10.2 Å². The topological polar surface area (TPSA) is 86.8 Å². The largest absolute Gasteiger partial charge is 0.352 e. The molecular weight excluding hydrogens is 553 g/mol. The van der Waals surface area contributed by atoms with Crippen molar-refractivity contribution in [3.8, 4) is 0 Å². The molecule has 7 nitrogen and oxygen atoms in total. The predicted molar refractivity (Wildman–Crippen MR) is 163 cm³/mol. The monoisotopic (exact) mass is 593 g/mol. The predicted octanol–water partition coefficient (Wildman–Crippen LogP) is 5.63. The summed E-state index contributed by atoms with van der Waals surface area (Å²) in [5.74, 6) is -1.25. The van der Waals surface area contributed by atoms with Crippen LogP contribution in [0, 0.1) is 12.7 Å². The maximum atomic E-state index is 14.1. The summed E-state index contributed by atoms with van der Waals surface area (Å²) in [4.78, 5) is 29.2. The van der Waals surface area contributed by atoms with Crippen LogP contribution >= 0.6 is 0 Å². The molecule has 1 aliphatic carbocycles. The van der Waals surface area contributed by atoms with Gasteiger partial charge in [-0.2, -0.15) is 0 Å². The molecule has 0 radical (unpaired) electrons. The van der Waals surface area contributed by atoms with Crippen molar-refractivity contribution in [1.82, 2.24) is 10.2 Å². The van der Waals surface area contributed by atoms with E-state index in [-0.39, 0.29) is 29.1 Å². The highest BCUT2D eigenvalue weighted by atomic mass is 32.2. The quantitative estimate of drug-likeness (QED) is 0.295. The van der Waals surface area contributed by atoms with Crippen LogP contribution < -0.4 is 9.62 Å². The molecule has 1 atom stereocenters. The van der Waals surface area contributed by atoms with Gasteiger partial charge in [-0.15, -0.1) is 0 Å². The fraction of sp³-hybridized carbons (Fsp3) is 0.394. The summed E-state index contributed by atoms with van der Waals surface area (Å²) < 4.78 is 42.6. The number of nitrogens with one attached hydrogen (secondary N) is 1. The van der Waals surface area contributed by atoms with Gasteiger partial charge in [0.05, 0.1) is 10.6 Å². The number of anilines is 1. The van der Waals surface area contributed by atoms with E-state index < -0.39 is 34.3 Å². The third kappa shape index (κ3) is 7.97. The number of carbonyl (C=O) groups excluding carboxylic acids is 2. The molecular formula is C33H40FN3O4S. The molecule has 1 N–H and O–H groups in total. The van der Waals surface area contributed by atoms with Gasteiger partial charge in [-0.3, -0.25) is 13.9 Å². The molecule has 0 aromatic heterocycles. The molecule has 1 saturated carbocycles. The summed E-state index contributed by atoms with van der Waals surface area (Å²) in [5.41, 5.74) is 2.05. The van der Waals surface area contributed by atoms with Crippen LogP contribution in [0.15, 0.2) is 83.8 Å². The Morgan fingerprint density at radius 3 is 2.19 bits per heavy atom. The van der Waals surface area contributed by atoms with E-state index in [1.807, 2.05) is 44.2 Å². The number of nitrogens with zero attached hydrogens (tertiary/aromatic N) is 2. The van der Waals surface area contributed by atoms with Gasteiger partial charge in [0.2, 0.25) is 11.8 Å². The minimum Gasteiger partial charge on any atom is -0.352 e. The summed E-state index contributed by atoms with van der Waals surface area (Å²) in [6.07, 6.45) is 5.96. The molecule has 1 aliphatic rings.